The average Bonchev–Trinajstić information content (AvgIpc) is 2.92. The van der Waals surface area contributed by atoms with Crippen LogP contribution in [0.5, 0.6) is 0 Å². The quantitative estimate of drug-likeness (QED) is 0.867. The van der Waals surface area contributed by atoms with Gasteiger partial charge in [0.2, 0.25) is 0 Å². The number of hydrogen-bond donors (Lipinski definition) is 1. The second-order valence-corrected chi connectivity index (χ2v) is 9.62. The molecular weight excluding hydrogens is 352 g/mol. The Bertz CT molecular complexity index is 763. The van der Waals surface area contributed by atoms with Gasteiger partial charge < -0.3 is 9.88 Å². The first-order chi connectivity index (χ1) is 13.4. The molecule has 1 aromatic heterocycles. The third-order valence-electron chi connectivity index (χ3n) is 6.74. The minimum absolute atomic E-state index is 0.893. The first kappa shape index (κ1) is 17.9. The molecule has 27 heavy (non-hydrogen) atoms. The molecule has 2 aliphatic heterocycles. The lowest BCUT2D eigenvalue weighted by molar-refractivity contribution is 0.130. The van der Waals surface area contributed by atoms with Gasteiger partial charge in [-0.25, -0.2) is 0 Å². The number of fused-ring (bicyclic) bond motifs is 1. The van der Waals surface area contributed by atoms with Gasteiger partial charge in [0, 0.05) is 73.1 Å². The zero-order valence-electron chi connectivity index (χ0n) is 16.3. The van der Waals surface area contributed by atoms with Crippen molar-refractivity contribution in [3.63, 3.8) is 0 Å². The van der Waals surface area contributed by atoms with Crippen LogP contribution >= 0.6 is 11.8 Å². The highest BCUT2D eigenvalue weighted by Gasteiger charge is 2.26. The molecule has 1 aliphatic carbocycles. The second-order valence-electron chi connectivity index (χ2n) is 8.39. The number of nitrogens with one attached hydrogen (secondary N) is 1. The van der Waals surface area contributed by atoms with Crippen LogP contribution in [0.25, 0.3) is 10.9 Å². The van der Waals surface area contributed by atoms with Crippen molar-refractivity contribution >= 4 is 28.4 Å². The fraction of sp³-hybridized carbons (Fsp3) is 0.636. The number of nitrogens with zero attached hydrogens (tertiary/aromatic N) is 3. The van der Waals surface area contributed by atoms with E-state index in [1.54, 1.807) is 0 Å². The van der Waals surface area contributed by atoms with Crippen LogP contribution < -0.4 is 4.90 Å². The molecule has 0 unspecified atom stereocenters. The maximum atomic E-state index is 3.55. The number of H-pyrrole nitrogens is 1. The molecule has 1 N–H and O–H groups in total. The fourth-order valence-electron chi connectivity index (χ4n) is 4.83. The number of anilines is 1. The molecule has 0 spiro atoms. The summed E-state index contributed by atoms with van der Waals surface area (Å²) < 4.78 is 0. The van der Waals surface area contributed by atoms with Crippen LogP contribution in [0.1, 0.15) is 31.2 Å². The molecule has 2 aromatic rings. The van der Waals surface area contributed by atoms with Crippen molar-refractivity contribution in [3.05, 3.63) is 30.0 Å². The van der Waals surface area contributed by atoms with E-state index < -0.39 is 0 Å². The highest BCUT2D eigenvalue weighted by Crippen LogP contribution is 2.28. The van der Waals surface area contributed by atoms with E-state index in [4.69, 9.17) is 0 Å². The van der Waals surface area contributed by atoms with Crippen molar-refractivity contribution < 1.29 is 0 Å². The Morgan fingerprint density at radius 2 is 1.85 bits per heavy atom. The van der Waals surface area contributed by atoms with E-state index in [1.807, 2.05) is 0 Å². The summed E-state index contributed by atoms with van der Waals surface area (Å²) in [5, 5.41) is 1.41. The summed E-state index contributed by atoms with van der Waals surface area (Å²) in [4.78, 5) is 11.5. The molecular formula is C22H32N4S. The Labute approximate surface area is 167 Å². The number of aromatic amines is 1. The zero-order valence-corrected chi connectivity index (χ0v) is 17.1. The monoisotopic (exact) mass is 384 g/mol. The SMILES string of the molecule is c1cc2c(CN3CCCN(C4CCC4)CC3)c[nH]c2cc1N1CCSCC1. The predicted octanol–water partition coefficient (Wildman–Crippen LogP) is 3.78. The molecule has 5 heteroatoms. The van der Waals surface area contributed by atoms with E-state index in [9.17, 15) is 0 Å². The molecule has 5 rings (SSSR count). The molecule has 0 atom stereocenters. The Morgan fingerprint density at radius 1 is 0.963 bits per heavy atom. The van der Waals surface area contributed by atoms with E-state index >= 15 is 0 Å². The van der Waals surface area contributed by atoms with E-state index in [2.05, 4.69) is 55.8 Å². The topological polar surface area (TPSA) is 25.5 Å². The Morgan fingerprint density at radius 3 is 2.67 bits per heavy atom. The van der Waals surface area contributed by atoms with Crippen molar-refractivity contribution in [2.75, 3.05) is 55.7 Å². The van der Waals surface area contributed by atoms with Crippen LogP contribution in [0.4, 0.5) is 5.69 Å². The maximum Gasteiger partial charge on any atom is 0.0478 e. The van der Waals surface area contributed by atoms with Gasteiger partial charge in [-0.3, -0.25) is 9.80 Å². The summed E-state index contributed by atoms with van der Waals surface area (Å²) in [6, 6.07) is 7.92. The molecule has 1 saturated carbocycles. The standard InChI is InChI=1S/C22H32N4S/c1-3-19(4-1)25-8-2-7-24(9-10-25)17-18-16-23-22-15-20(5-6-21(18)22)26-11-13-27-14-12-26/h5-6,15-16,19,23H,1-4,7-14,17H2. The molecule has 3 fully saturated rings. The first-order valence-electron chi connectivity index (χ1n) is 10.8. The number of aromatic nitrogens is 1. The lowest BCUT2D eigenvalue weighted by atomic mass is 9.91. The maximum absolute atomic E-state index is 3.55. The van der Waals surface area contributed by atoms with E-state index in [-0.39, 0.29) is 0 Å². The summed E-state index contributed by atoms with van der Waals surface area (Å²) in [5.74, 6) is 2.50. The average molecular weight is 385 g/mol. The molecule has 3 aliphatic rings. The normalized spacial score (nSPS) is 23.5. The van der Waals surface area contributed by atoms with Gasteiger partial charge in [-0.2, -0.15) is 11.8 Å². The molecule has 0 bridgehead atoms. The molecule has 2 saturated heterocycles. The third kappa shape index (κ3) is 3.87. The number of hydrogen-bond acceptors (Lipinski definition) is 4. The number of rotatable bonds is 4. The zero-order chi connectivity index (χ0) is 18.1. The smallest absolute Gasteiger partial charge is 0.0478 e. The van der Waals surface area contributed by atoms with E-state index in [0.717, 1.165) is 12.6 Å². The summed E-state index contributed by atoms with van der Waals surface area (Å²) >= 11 is 2.07. The largest absolute Gasteiger partial charge is 0.370 e. The lowest BCUT2D eigenvalue weighted by Crippen LogP contribution is -2.42. The van der Waals surface area contributed by atoms with Crippen LogP contribution in [-0.4, -0.2) is 71.6 Å². The van der Waals surface area contributed by atoms with Crippen molar-refractivity contribution in [3.8, 4) is 0 Å². The summed E-state index contributed by atoms with van der Waals surface area (Å²) in [5.41, 5.74) is 4.14. The van der Waals surface area contributed by atoms with Gasteiger partial charge in [0.05, 0.1) is 0 Å². The Kier molecular flexibility index (Phi) is 5.34. The van der Waals surface area contributed by atoms with Gasteiger partial charge in [0.15, 0.2) is 0 Å². The van der Waals surface area contributed by atoms with Gasteiger partial charge in [0.25, 0.3) is 0 Å². The molecule has 3 heterocycles. The molecule has 0 radical (unpaired) electrons. The van der Waals surface area contributed by atoms with Gasteiger partial charge in [-0.1, -0.05) is 12.5 Å². The Hall–Kier alpha value is -1.17. The van der Waals surface area contributed by atoms with Crippen molar-refractivity contribution in [2.45, 2.75) is 38.3 Å². The van der Waals surface area contributed by atoms with Crippen LogP contribution in [0.3, 0.4) is 0 Å². The van der Waals surface area contributed by atoms with Crippen molar-refractivity contribution in [2.24, 2.45) is 0 Å². The number of thioether (sulfide) groups is 1. The van der Waals surface area contributed by atoms with Crippen molar-refractivity contribution in [1.82, 2.24) is 14.8 Å². The minimum atomic E-state index is 0.893. The van der Waals surface area contributed by atoms with Crippen LogP contribution in [-0.2, 0) is 6.54 Å². The molecule has 1 aromatic carbocycles. The van der Waals surface area contributed by atoms with Gasteiger partial charge >= 0.3 is 0 Å². The van der Waals surface area contributed by atoms with Crippen LogP contribution in [0, 0.1) is 0 Å². The summed E-state index contributed by atoms with van der Waals surface area (Å²) in [7, 11) is 0. The highest BCUT2D eigenvalue weighted by molar-refractivity contribution is 7.99. The van der Waals surface area contributed by atoms with Gasteiger partial charge in [-0.05, 0) is 50.0 Å². The first-order valence-corrected chi connectivity index (χ1v) is 11.9. The summed E-state index contributed by atoms with van der Waals surface area (Å²) in [6.45, 7) is 8.44. The highest BCUT2D eigenvalue weighted by atomic mass is 32.2. The summed E-state index contributed by atoms with van der Waals surface area (Å²) in [6.07, 6.45) is 7.87. The molecule has 146 valence electrons. The van der Waals surface area contributed by atoms with E-state index in [1.165, 1.54) is 98.6 Å². The minimum Gasteiger partial charge on any atom is -0.370 e. The second kappa shape index (κ2) is 8.06. The fourth-order valence-corrected chi connectivity index (χ4v) is 5.73. The van der Waals surface area contributed by atoms with E-state index in [0.29, 0.717) is 0 Å². The van der Waals surface area contributed by atoms with Gasteiger partial charge in [0.1, 0.15) is 0 Å². The lowest BCUT2D eigenvalue weighted by Gasteiger charge is -2.36. The molecule has 0 amide bonds. The Balaban J connectivity index is 1.26. The number of benzene rings is 1. The third-order valence-corrected chi connectivity index (χ3v) is 7.68. The predicted molar refractivity (Wildman–Crippen MR) is 117 cm³/mol. The molecule has 4 nitrogen and oxygen atoms in total. The van der Waals surface area contributed by atoms with Crippen LogP contribution in [0.15, 0.2) is 24.4 Å². The van der Waals surface area contributed by atoms with Crippen LogP contribution in [0.2, 0.25) is 0 Å². The van der Waals surface area contributed by atoms with Gasteiger partial charge in [-0.15, -0.1) is 0 Å². The van der Waals surface area contributed by atoms with Crippen molar-refractivity contribution in [1.29, 1.82) is 0 Å².